The standard InChI is InChI=1S/C28H48N4O4S/c1-19(2)22(18-20(3)37(35,36)31(10)11)32(12)26(34)24(27(4,5)6)30-25(33)23(29-9)28(7,8)21-16-14-13-15-17-21/h13-19,22-24,29H,1-12H3,(H,30,33)/b20-18+/t22?,23-,24-/m1/s1. The second kappa shape index (κ2) is 12.5. The number of carbonyl (C=O) groups excluding carboxylic acids is 2. The van der Waals surface area contributed by atoms with Crippen LogP contribution in [0.3, 0.4) is 0 Å². The summed E-state index contributed by atoms with van der Waals surface area (Å²) in [5, 5.41) is 6.16. The molecule has 0 aliphatic carbocycles. The van der Waals surface area contributed by atoms with Crippen molar-refractivity contribution in [3.63, 3.8) is 0 Å². The number of allylic oxidation sites excluding steroid dienone is 1. The van der Waals surface area contributed by atoms with Crippen LogP contribution in [0.5, 0.6) is 0 Å². The monoisotopic (exact) mass is 536 g/mol. The Kier molecular flexibility index (Phi) is 11.1. The van der Waals surface area contributed by atoms with Crippen molar-refractivity contribution in [1.82, 2.24) is 19.8 Å². The summed E-state index contributed by atoms with van der Waals surface area (Å²) in [5.74, 6) is -0.612. The molecule has 0 aliphatic heterocycles. The molecule has 1 rings (SSSR count). The van der Waals surface area contributed by atoms with Crippen molar-refractivity contribution in [2.75, 3.05) is 28.2 Å². The van der Waals surface area contributed by atoms with Gasteiger partial charge in [-0.1, -0.05) is 78.8 Å². The van der Waals surface area contributed by atoms with Crippen LogP contribution < -0.4 is 10.6 Å². The molecule has 0 fully saturated rings. The largest absolute Gasteiger partial charge is 0.342 e. The Balaban J connectivity index is 3.36. The van der Waals surface area contributed by atoms with Crippen LogP contribution >= 0.6 is 0 Å². The van der Waals surface area contributed by atoms with Crippen molar-refractivity contribution in [2.45, 2.75) is 78.9 Å². The highest BCUT2D eigenvalue weighted by Crippen LogP contribution is 2.29. The summed E-state index contributed by atoms with van der Waals surface area (Å²) in [7, 11) is 2.74. The molecular weight excluding hydrogens is 488 g/mol. The second-order valence-electron chi connectivity index (χ2n) is 11.9. The molecule has 2 amide bonds. The van der Waals surface area contributed by atoms with Gasteiger partial charge in [-0.2, -0.15) is 0 Å². The SMILES string of the molecule is CN[C@H](C(=O)N[C@H](C(=O)N(C)C(/C=C(\C)S(=O)(=O)N(C)C)C(C)C)C(C)(C)C)C(C)(C)c1ccccc1. The van der Waals surface area contributed by atoms with Gasteiger partial charge in [-0.3, -0.25) is 9.59 Å². The number of carbonyl (C=O) groups is 2. The second-order valence-corrected chi connectivity index (χ2v) is 14.2. The van der Waals surface area contributed by atoms with Gasteiger partial charge in [0.2, 0.25) is 21.8 Å². The highest BCUT2D eigenvalue weighted by Gasteiger charge is 2.41. The minimum Gasteiger partial charge on any atom is -0.342 e. The van der Waals surface area contributed by atoms with E-state index >= 15 is 0 Å². The number of benzene rings is 1. The van der Waals surface area contributed by atoms with E-state index in [4.69, 9.17) is 0 Å². The highest BCUT2D eigenvalue weighted by molar-refractivity contribution is 7.92. The summed E-state index contributed by atoms with van der Waals surface area (Å²) >= 11 is 0. The third-order valence-electron chi connectivity index (χ3n) is 6.96. The molecule has 3 atom stereocenters. The van der Waals surface area contributed by atoms with Crippen molar-refractivity contribution in [3.05, 3.63) is 46.9 Å². The summed E-state index contributed by atoms with van der Waals surface area (Å²) in [6, 6.07) is 7.89. The summed E-state index contributed by atoms with van der Waals surface area (Å²) in [5.41, 5.74) is -0.132. The molecule has 1 aromatic carbocycles. The molecule has 210 valence electrons. The number of hydrogen-bond donors (Lipinski definition) is 2. The van der Waals surface area contributed by atoms with Crippen LogP contribution in [0.25, 0.3) is 0 Å². The molecule has 0 spiro atoms. The van der Waals surface area contributed by atoms with Crippen LogP contribution in [-0.4, -0.2) is 75.8 Å². The normalized spacial score (nSPS) is 15.9. The van der Waals surface area contributed by atoms with Crippen LogP contribution in [0.1, 0.15) is 61.0 Å². The summed E-state index contributed by atoms with van der Waals surface area (Å²) < 4.78 is 26.4. The maximum atomic E-state index is 13.9. The van der Waals surface area contributed by atoms with Crippen molar-refractivity contribution >= 4 is 21.8 Å². The molecule has 9 heteroatoms. The van der Waals surface area contributed by atoms with Gasteiger partial charge in [0, 0.05) is 26.6 Å². The van der Waals surface area contributed by atoms with Gasteiger partial charge in [-0.25, -0.2) is 12.7 Å². The molecule has 2 N–H and O–H groups in total. The first kappa shape index (κ1) is 32.8. The van der Waals surface area contributed by atoms with Gasteiger partial charge in [0.15, 0.2) is 0 Å². The molecule has 0 bridgehead atoms. The Bertz CT molecular complexity index is 1060. The Morgan fingerprint density at radius 2 is 1.46 bits per heavy atom. The number of nitrogens with zero attached hydrogens (tertiary/aromatic N) is 2. The van der Waals surface area contributed by atoms with E-state index in [2.05, 4.69) is 10.6 Å². The zero-order valence-corrected chi connectivity index (χ0v) is 25.5. The highest BCUT2D eigenvalue weighted by atomic mass is 32.2. The van der Waals surface area contributed by atoms with E-state index in [0.29, 0.717) is 0 Å². The van der Waals surface area contributed by atoms with Gasteiger partial charge in [0.05, 0.1) is 17.0 Å². The molecule has 0 saturated carbocycles. The summed E-state index contributed by atoms with van der Waals surface area (Å²) in [4.78, 5) is 29.2. The predicted octanol–water partition coefficient (Wildman–Crippen LogP) is 3.36. The van der Waals surface area contributed by atoms with Crippen LogP contribution in [-0.2, 0) is 25.0 Å². The quantitative estimate of drug-likeness (QED) is 0.452. The fourth-order valence-electron chi connectivity index (χ4n) is 4.44. The summed E-state index contributed by atoms with van der Waals surface area (Å²) in [6.07, 6.45) is 1.62. The van der Waals surface area contributed by atoms with E-state index in [0.717, 1.165) is 9.87 Å². The molecule has 0 aliphatic rings. The smallest absolute Gasteiger partial charge is 0.245 e. The molecule has 1 unspecified atom stereocenters. The lowest BCUT2D eigenvalue weighted by molar-refractivity contribution is -0.140. The lowest BCUT2D eigenvalue weighted by Crippen LogP contribution is -2.61. The first-order valence-electron chi connectivity index (χ1n) is 12.7. The number of nitrogens with one attached hydrogen (secondary N) is 2. The third-order valence-corrected chi connectivity index (χ3v) is 8.87. The van der Waals surface area contributed by atoms with Crippen molar-refractivity contribution in [3.8, 4) is 0 Å². The number of sulfonamides is 1. The van der Waals surface area contributed by atoms with E-state index in [1.807, 2.05) is 78.8 Å². The average molecular weight is 537 g/mol. The third kappa shape index (κ3) is 7.88. The maximum absolute atomic E-state index is 13.9. The molecule has 0 radical (unpaired) electrons. The van der Waals surface area contributed by atoms with Gasteiger partial charge in [0.25, 0.3) is 0 Å². The molecule has 1 aromatic rings. The van der Waals surface area contributed by atoms with E-state index in [1.165, 1.54) is 21.0 Å². The van der Waals surface area contributed by atoms with Gasteiger partial charge in [-0.05, 0) is 36.9 Å². The van der Waals surface area contributed by atoms with E-state index in [9.17, 15) is 18.0 Å². The molecule has 0 saturated heterocycles. The lowest BCUT2D eigenvalue weighted by atomic mass is 9.76. The fourth-order valence-corrected chi connectivity index (χ4v) is 5.33. The minimum absolute atomic E-state index is 0.0559. The van der Waals surface area contributed by atoms with E-state index in [1.54, 1.807) is 25.1 Å². The van der Waals surface area contributed by atoms with Crippen LogP contribution in [0.2, 0.25) is 0 Å². The van der Waals surface area contributed by atoms with Crippen molar-refractivity contribution < 1.29 is 18.0 Å². The number of hydrogen-bond acceptors (Lipinski definition) is 5. The Morgan fingerprint density at radius 3 is 1.86 bits per heavy atom. The van der Waals surface area contributed by atoms with Crippen molar-refractivity contribution in [2.24, 2.45) is 11.3 Å². The van der Waals surface area contributed by atoms with Gasteiger partial charge >= 0.3 is 0 Å². The molecule has 0 heterocycles. The summed E-state index contributed by atoms with van der Waals surface area (Å²) in [6.45, 7) is 15.1. The number of likely N-dealkylation sites (N-methyl/N-ethyl adjacent to an activating group) is 2. The Morgan fingerprint density at radius 1 is 0.946 bits per heavy atom. The topological polar surface area (TPSA) is 98.8 Å². The fraction of sp³-hybridized carbons (Fsp3) is 0.643. The lowest BCUT2D eigenvalue weighted by Gasteiger charge is -2.40. The molecule has 8 nitrogen and oxygen atoms in total. The molecule has 37 heavy (non-hydrogen) atoms. The van der Waals surface area contributed by atoms with Gasteiger partial charge < -0.3 is 15.5 Å². The van der Waals surface area contributed by atoms with Crippen LogP contribution in [0, 0.1) is 11.3 Å². The van der Waals surface area contributed by atoms with E-state index < -0.39 is 39.0 Å². The van der Waals surface area contributed by atoms with Crippen molar-refractivity contribution in [1.29, 1.82) is 0 Å². The zero-order valence-electron chi connectivity index (χ0n) is 24.7. The zero-order chi connectivity index (χ0) is 28.9. The number of rotatable bonds is 11. The Hall–Kier alpha value is -2.23. The minimum atomic E-state index is -3.61. The van der Waals surface area contributed by atoms with E-state index in [-0.39, 0.29) is 22.6 Å². The van der Waals surface area contributed by atoms with Gasteiger partial charge in [-0.15, -0.1) is 0 Å². The van der Waals surface area contributed by atoms with Crippen LogP contribution in [0.4, 0.5) is 0 Å². The van der Waals surface area contributed by atoms with Gasteiger partial charge in [0.1, 0.15) is 6.04 Å². The number of amides is 2. The first-order valence-corrected chi connectivity index (χ1v) is 14.1. The Labute approximate surface area is 224 Å². The molecule has 0 aromatic heterocycles. The maximum Gasteiger partial charge on any atom is 0.245 e. The average Bonchev–Trinajstić information content (AvgIpc) is 2.79. The predicted molar refractivity (Wildman–Crippen MR) is 151 cm³/mol. The molecular formula is C28H48N4O4S. The first-order chi connectivity index (χ1) is 16.8. The van der Waals surface area contributed by atoms with Crippen LogP contribution in [0.15, 0.2) is 41.3 Å².